The van der Waals surface area contributed by atoms with Crippen LogP contribution >= 0.6 is 0 Å². The van der Waals surface area contributed by atoms with E-state index in [2.05, 4.69) is 5.32 Å². The van der Waals surface area contributed by atoms with Gasteiger partial charge in [-0.1, -0.05) is 18.2 Å². The van der Waals surface area contributed by atoms with Crippen LogP contribution < -0.4 is 19.5 Å². The summed E-state index contributed by atoms with van der Waals surface area (Å²) in [5, 5.41) is 2.79. The predicted molar refractivity (Wildman–Crippen MR) is 115 cm³/mol. The molecule has 0 aliphatic rings. The lowest BCUT2D eigenvalue weighted by Crippen LogP contribution is -2.48. The Balaban J connectivity index is 2.25. The van der Waals surface area contributed by atoms with Crippen molar-refractivity contribution in [2.45, 2.75) is 32.9 Å². The van der Waals surface area contributed by atoms with Crippen LogP contribution in [-0.4, -0.2) is 50.6 Å². The summed E-state index contributed by atoms with van der Waals surface area (Å²) in [7, 11) is 4.72. The minimum absolute atomic E-state index is 0.139. The number of hydrogen-bond acceptors (Lipinski definition) is 5. The number of benzene rings is 2. The van der Waals surface area contributed by atoms with Gasteiger partial charge < -0.3 is 24.4 Å². The number of rotatable bonds is 10. The van der Waals surface area contributed by atoms with Crippen LogP contribution in [0.15, 0.2) is 42.5 Å². The molecule has 30 heavy (non-hydrogen) atoms. The zero-order valence-electron chi connectivity index (χ0n) is 18.2. The van der Waals surface area contributed by atoms with E-state index >= 15 is 0 Å². The Bertz CT molecular complexity index is 851. The molecule has 7 nitrogen and oxygen atoms in total. The number of likely N-dealkylation sites (N-methyl/N-ethyl adjacent to an activating group) is 1. The van der Waals surface area contributed by atoms with Gasteiger partial charge in [0.2, 0.25) is 11.8 Å². The van der Waals surface area contributed by atoms with Crippen LogP contribution in [0.3, 0.4) is 0 Å². The number of ether oxygens (including phenoxy) is 3. The van der Waals surface area contributed by atoms with Crippen molar-refractivity contribution in [1.29, 1.82) is 0 Å². The van der Waals surface area contributed by atoms with Crippen LogP contribution in [0.4, 0.5) is 0 Å². The van der Waals surface area contributed by atoms with Gasteiger partial charge in [0.25, 0.3) is 0 Å². The van der Waals surface area contributed by atoms with Crippen molar-refractivity contribution in [3.63, 3.8) is 0 Å². The topological polar surface area (TPSA) is 77.1 Å². The first-order valence-corrected chi connectivity index (χ1v) is 9.84. The number of carbonyl (C=O) groups is 2. The smallest absolute Gasteiger partial charge is 0.242 e. The molecule has 1 N–H and O–H groups in total. The van der Waals surface area contributed by atoms with Gasteiger partial charge in [0.1, 0.15) is 11.8 Å². The van der Waals surface area contributed by atoms with Crippen LogP contribution in [0.5, 0.6) is 17.2 Å². The molecular formula is C23H30N2O5. The fraction of sp³-hybridized carbons (Fsp3) is 0.391. The standard InChI is InChI=1S/C23H30N2O5/c1-6-24-23(27)16(2)25(15-17-7-10-19(28-3)11-8-17)22(26)14-18-9-12-20(29-4)21(13-18)30-5/h7-13,16H,6,14-15H2,1-5H3,(H,24,27). The Morgan fingerprint density at radius 1 is 0.933 bits per heavy atom. The predicted octanol–water partition coefficient (Wildman–Crippen LogP) is 2.81. The fourth-order valence-electron chi connectivity index (χ4n) is 3.10. The van der Waals surface area contributed by atoms with Crippen LogP contribution in [0.1, 0.15) is 25.0 Å². The van der Waals surface area contributed by atoms with Gasteiger partial charge in [-0.2, -0.15) is 0 Å². The summed E-state index contributed by atoms with van der Waals surface area (Å²) in [6.07, 6.45) is 0.139. The van der Waals surface area contributed by atoms with E-state index in [0.29, 0.717) is 24.6 Å². The van der Waals surface area contributed by atoms with E-state index in [1.807, 2.05) is 37.3 Å². The van der Waals surface area contributed by atoms with Crippen molar-refractivity contribution in [3.8, 4) is 17.2 Å². The molecule has 2 amide bonds. The molecule has 0 fully saturated rings. The fourth-order valence-corrected chi connectivity index (χ4v) is 3.10. The van der Waals surface area contributed by atoms with Crippen LogP contribution in [0, 0.1) is 0 Å². The average Bonchev–Trinajstić information content (AvgIpc) is 2.77. The number of amides is 2. The zero-order valence-corrected chi connectivity index (χ0v) is 18.2. The van der Waals surface area contributed by atoms with Gasteiger partial charge in [-0.25, -0.2) is 0 Å². The quantitative estimate of drug-likeness (QED) is 0.647. The lowest BCUT2D eigenvalue weighted by molar-refractivity contribution is -0.140. The van der Waals surface area contributed by atoms with Crippen LogP contribution in [0.2, 0.25) is 0 Å². The number of hydrogen-bond donors (Lipinski definition) is 1. The molecular weight excluding hydrogens is 384 g/mol. The molecule has 2 rings (SSSR count). The van der Waals surface area contributed by atoms with E-state index in [9.17, 15) is 9.59 Å². The minimum atomic E-state index is -0.611. The van der Waals surface area contributed by atoms with Crippen molar-refractivity contribution in [2.75, 3.05) is 27.9 Å². The largest absolute Gasteiger partial charge is 0.497 e. The molecule has 0 aromatic heterocycles. The second kappa shape index (κ2) is 11.1. The summed E-state index contributed by atoms with van der Waals surface area (Å²) in [6.45, 7) is 4.41. The normalized spacial score (nSPS) is 11.4. The Labute approximate surface area is 177 Å². The van der Waals surface area contributed by atoms with E-state index in [-0.39, 0.29) is 18.2 Å². The van der Waals surface area contributed by atoms with Crippen molar-refractivity contribution in [1.82, 2.24) is 10.2 Å². The van der Waals surface area contributed by atoms with Gasteiger partial charge in [0, 0.05) is 13.1 Å². The molecule has 0 radical (unpaired) electrons. The second-order valence-corrected chi connectivity index (χ2v) is 6.81. The van der Waals surface area contributed by atoms with Crippen molar-refractivity contribution in [2.24, 2.45) is 0 Å². The maximum atomic E-state index is 13.2. The van der Waals surface area contributed by atoms with Crippen molar-refractivity contribution < 1.29 is 23.8 Å². The third-order valence-electron chi connectivity index (χ3n) is 4.83. The first-order chi connectivity index (χ1) is 14.4. The molecule has 1 unspecified atom stereocenters. The number of nitrogens with one attached hydrogen (secondary N) is 1. The van der Waals surface area contributed by atoms with E-state index in [4.69, 9.17) is 14.2 Å². The highest BCUT2D eigenvalue weighted by molar-refractivity contribution is 5.88. The lowest BCUT2D eigenvalue weighted by Gasteiger charge is -2.29. The zero-order chi connectivity index (χ0) is 22.1. The molecule has 0 heterocycles. The van der Waals surface area contributed by atoms with Gasteiger partial charge in [-0.3, -0.25) is 9.59 Å². The molecule has 0 saturated heterocycles. The SMILES string of the molecule is CCNC(=O)C(C)N(Cc1ccc(OC)cc1)C(=O)Cc1ccc(OC)c(OC)c1. The van der Waals surface area contributed by atoms with Gasteiger partial charge in [0.05, 0.1) is 27.8 Å². The van der Waals surface area contributed by atoms with Crippen LogP contribution in [0.25, 0.3) is 0 Å². The van der Waals surface area contributed by atoms with Crippen molar-refractivity contribution in [3.05, 3.63) is 53.6 Å². The maximum absolute atomic E-state index is 13.2. The maximum Gasteiger partial charge on any atom is 0.242 e. The first-order valence-electron chi connectivity index (χ1n) is 9.84. The Hall–Kier alpha value is -3.22. The first kappa shape index (κ1) is 23.1. The Kier molecular flexibility index (Phi) is 8.53. The van der Waals surface area contributed by atoms with Crippen LogP contribution in [-0.2, 0) is 22.6 Å². The molecule has 2 aromatic rings. The number of methoxy groups -OCH3 is 3. The Morgan fingerprint density at radius 2 is 1.57 bits per heavy atom. The summed E-state index contributed by atoms with van der Waals surface area (Å²) < 4.78 is 15.8. The molecule has 0 bridgehead atoms. The molecule has 7 heteroatoms. The van der Waals surface area contributed by atoms with Gasteiger partial charge in [-0.05, 0) is 49.2 Å². The Morgan fingerprint density at radius 3 is 2.13 bits per heavy atom. The monoisotopic (exact) mass is 414 g/mol. The minimum Gasteiger partial charge on any atom is -0.497 e. The molecule has 2 aromatic carbocycles. The van der Waals surface area contributed by atoms with E-state index in [1.54, 1.807) is 45.3 Å². The van der Waals surface area contributed by atoms with Gasteiger partial charge in [-0.15, -0.1) is 0 Å². The third-order valence-corrected chi connectivity index (χ3v) is 4.83. The second-order valence-electron chi connectivity index (χ2n) is 6.81. The van der Waals surface area contributed by atoms with E-state index in [1.165, 1.54) is 0 Å². The highest BCUT2D eigenvalue weighted by Gasteiger charge is 2.26. The molecule has 162 valence electrons. The molecule has 0 spiro atoms. The summed E-state index contributed by atoms with van der Waals surface area (Å²) >= 11 is 0. The molecule has 0 aliphatic carbocycles. The summed E-state index contributed by atoms with van der Waals surface area (Å²) in [6, 6.07) is 12.2. The summed E-state index contributed by atoms with van der Waals surface area (Å²) in [4.78, 5) is 27.2. The highest BCUT2D eigenvalue weighted by atomic mass is 16.5. The number of carbonyl (C=O) groups excluding carboxylic acids is 2. The average molecular weight is 415 g/mol. The third kappa shape index (κ3) is 5.89. The van der Waals surface area contributed by atoms with Gasteiger partial charge >= 0.3 is 0 Å². The van der Waals surface area contributed by atoms with Gasteiger partial charge in [0.15, 0.2) is 11.5 Å². The van der Waals surface area contributed by atoms with Crippen molar-refractivity contribution >= 4 is 11.8 Å². The van der Waals surface area contributed by atoms with E-state index in [0.717, 1.165) is 16.9 Å². The summed E-state index contributed by atoms with van der Waals surface area (Å²) in [5.74, 6) is 1.54. The molecule has 1 atom stereocenters. The number of nitrogens with zero attached hydrogens (tertiary/aromatic N) is 1. The molecule has 0 saturated carbocycles. The summed E-state index contributed by atoms with van der Waals surface area (Å²) in [5.41, 5.74) is 1.69. The highest BCUT2D eigenvalue weighted by Crippen LogP contribution is 2.28. The molecule has 0 aliphatic heterocycles. The lowest BCUT2D eigenvalue weighted by atomic mass is 10.1. The van der Waals surface area contributed by atoms with E-state index < -0.39 is 6.04 Å².